The smallest absolute Gasteiger partial charge is 0.336 e. The Kier molecular flexibility index (Phi) is 13.2. The predicted molar refractivity (Wildman–Crippen MR) is 170 cm³/mol. The van der Waals surface area contributed by atoms with Gasteiger partial charge in [-0.2, -0.15) is 0 Å². The zero-order chi connectivity index (χ0) is 33.8. The molecule has 3 atom stereocenters. The molecule has 4 amide bonds. The molecule has 0 saturated carbocycles. The fourth-order valence-corrected chi connectivity index (χ4v) is 6.02. The highest BCUT2D eigenvalue weighted by Gasteiger charge is 2.30. The molecule has 13 nitrogen and oxygen atoms in total. The van der Waals surface area contributed by atoms with Crippen molar-refractivity contribution in [3.63, 3.8) is 0 Å². The second-order valence-electron chi connectivity index (χ2n) is 11.1. The number of benzene rings is 1. The molecule has 1 aliphatic rings. The maximum Gasteiger partial charge on any atom is 0.336 e. The molecule has 3 aromatic rings. The monoisotopic (exact) mass is 653 g/mol. The van der Waals surface area contributed by atoms with Crippen LogP contribution in [0.3, 0.4) is 0 Å². The average Bonchev–Trinajstić information content (AvgIpc) is 3.48. The molecule has 1 aliphatic heterocycles. The van der Waals surface area contributed by atoms with Gasteiger partial charge in [0, 0.05) is 24.4 Å². The Hall–Kier alpha value is -4.85. The van der Waals surface area contributed by atoms with Crippen LogP contribution in [0.15, 0.2) is 51.0 Å². The lowest BCUT2D eigenvalue weighted by Gasteiger charge is -2.25. The Balaban J connectivity index is 0.00000185. The molecule has 0 fully saturated rings. The Labute approximate surface area is 270 Å². The number of nitrogens with zero attached hydrogens (tertiary/aromatic N) is 1. The molecule has 3 heterocycles. The largest absolute Gasteiger partial charge is 0.483 e. The van der Waals surface area contributed by atoms with Gasteiger partial charge in [-0.15, -0.1) is 11.3 Å². The van der Waals surface area contributed by atoms with Crippen LogP contribution in [0, 0.1) is 19.8 Å². The molecule has 0 radical (unpaired) electrons. The van der Waals surface area contributed by atoms with Crippen molar-refractivity contribution >= 4 is 41.4 Å². The van der Waals surface area contributed by atoms with Crippen molar-refractivity contribution in [2.24, 2.45) is 5.92 Å². The molecule has 2 bridgehead atoms. The van der Waals surface area contributed by atoms with Gasteiger partial charge in [-0.1, -0.05) is 44.2 Å². The molecule has 0 aliphatic carbocycles. The van der Waals surface area contributed by atoms with Gasteiger partial charge in [-0.25, -0.2) is 9.78 Å². The van der Waals surface area contributed by atoms with Crippen molar-refractivity contribution in [3.05, 3.63) is 85.4 Å². The van der Waals surface area contributed by atoms with Crippen molar-refractivity contribution in [1.29, 1.82) is 0 Å². The summed E-state index contributed by atoms with van der Waals surface area (Å²) in [6.45, 7) is 7.09. The molecule has 14 heteroatoms. The van der Waals surface area contributed by atoms with Gasteiger partial charge in [-0.3, -0.25) is 24.0 Å². The van der Waals surface area contributed by atoms with Gasteiger partial charge in [0.2, 0.25) is 11.8 Å². The minimum atomic E-state index is -0.906. The van der Waals surface area contributed by atoms with Gasteiger partial charge < -0.3 is 30.8 Å². The van der Waals surface area contributed by atoms with Gasteiger partial charge in [-0.05, 0) is 50.2 Å². The summed E-state index contributed by atoms with van der Waals surface area (Å²) in [6, 6.07) is 8.44. The Bertz CT molecular complexity index is 1560. The normalized spacial score (nSPS) is 19.2. The number of thiazole rings is 1. The van der Waals surface area contributed by atoms with Gasteiger partial charge in [0.15, 0.2) is 0 Å². The second kappa shape index (κ2) is 17.0. The zero-order valence-electron chi connectivity index (χ0n) is 26.1. The van der Waals surface area contributed by atoms with Crippen molar-refractivity contribution in [2.75, 3.05) is 6.54 Å². The van der Waals surface area contributed by atoms with Crippen LogP contribution in [0.1, 0.15) is 81.9 Å². The molecule has 0 unspecified atom stereocenters. The molecule has 2 aromatic heterocycles. The van der Waals surface area contributed by atoms with E-state index >= 15 is 0 Å². The van der Waals surface area contributed by atoms with E-state index in [0.29, 0.717) is 42.8 Å². The minimum absolute atomic E-state index is 0.0780. The first-order valence-corrected chi connectivity index (χ1v) is 15.7. The summed E-state index contributed by atoms with van der Waals surface area (Å²) >= 11 is 1.24. The summed E-state index contributed by atoms with van der Waals surface area (Å²) in [7, 11) is 0. The van der Waals surface area contributed by atoms with Crippen LogP contribution in [0.2, 0.25) is 0 Å². The summed E-state index contributed by atoms with van der Waals surface area (Å²) in [6.07, 6.45) is 1.67. The molecule has 0 saturated heterocycles. The number of carboxylic acid groups (broad SMARTS) is 1. The van der Waals surface area contributed by atoms with Crippen LogP contribution < -0.4 is 26.9 Å². The number of fused-ring (bicyclic) bond motifs is 2. The third-order valence-corrected chi connectivity index (χ3v) is 8.22. The molecule has 0 spiro atoms. The first-order valence-electron chi connectivity index (χ1n) is 14.8. The quantitative estimate of drug-likeness (QED) is 0.257. The summed E-state index contributed by atoms with van der Waals surface area (Å²) in [5, 5.41) is 20.6. The lowest BCUT2D eigenvalue weighted by atomic mass is 10.0. The highest BCUT2D eigenvalue weighted by atomic mass is 32.1. The van der Waals surface area contributed by atoms with E-state index in [4.69, 9.17) is 14.3 Å². The summed E-state index contributed by atoms with van der Waals surface area (Å²) in [5.41, 5.74) is 1.15. The maximum absolute atomic E-state index is 13.6. The lowest BCUT2D eigenvalue weighted by molar-refractivity contribution is -0.124. The lowest BCUT2D eigenvalue weighted by Crippen LogP contribution is -2.49. The van der Waals surface area contributed by atoms with Crippen LogP contribution in [0.4, 0.5) is 0 Å². The number of aryl methyl sites for hydroxylation is 2. The first-order chi connectivity index (χ1) is 21.9. The Morgan fingerprint density at radius 1 is 1.11 bits per heavy atom. The molecule has 46 heavy (non-hydrogen) atoms. The number of aromatic nitrogens is 1. The standard InChI is InChI=1S/C31H37N5O6S.CH2O2/c1-17(2)26-31-35-23(16-43-31)29(40)34-22(15-20-10-6-5-7-11-20)27(38)32-13-9-8-12-21(28(39)36-26)33-30(41)25-18(3)14-24(37)42-19(25)4;2-1-3/h5-7,10-11,14,16-17,21-22,26H,8-9,12-13,15H2,1-4H3,(H,32,38)(H,33,41)(H,34,40)(H,36,39);1H,(H,2,3)/t21-,22+,26+;/m0./s1. The van der Waals surface area contributed by atoms with Crippen molar-refractivity contribution < 1.29 is 33.5 Å². The van der Waals surface area contributed by atoms with Crippen LogP contribution in [-0.2, 0) is 20.8 Å². The highest BCUT2D eigenvalue weighted by Crippen LogP contribution is 2.26. The van der Waals surface area contributed by atoms with Crippen LogP contribution in [-0.4, -0.2) is 58.8 Å². The molecule has 1 aromatic carbocycles. The van der Waals surface area contributed by atoms with Crippen LogP contribution >= 0.6 is 11.3 Å². The second-order valence-corrected chi connectivity index (χ2v) is 12.0. The fourth-order valence-electron chi connectivity index (χ4n) is 5.00. The fraction of sp³-hybridized carbons (Fsp3) is 0.406. The number of carbonyl (C=O) groups excluding carboxylic acids is 4. The number of hydrogen-bond acceptors (Lipinski definition) is 9. The molecular formula is C32H39N5O8S. The minimum Gasteiger partial charge on any atom is -0.483 e. The first kappa shape index (κ1) is 35.6. The van der Waals surface area contributed by atoms with Crippen LogP contribution in [0.25, 0.3) is 0 Å². The molecule has 4 rings (SSSR count). The summed E-state index contributed by atoms with van der Waals surface area (Å²) < 4.78 is 5.12. The number of rotatable bonds is 5. The third-order valence-electron chi connectivity index (χ3n) is 7.29. The zero-order valence-corrected chi connectivity index (χ0v) is 26.9. The van der Waals surface area contributed by atoms with E-state index in [1.54, 1.807) is 12.3 Å². The van der Waals surface area contributed by atoms with Gasteiger partial charge >= 0.3 is 5.63 Å². The molecule has 5 N–H and O–H groups in total. The summed E-state index contributed by atoms with van der Waals surface area (Å²) in [4.78, 5) is 77.8. The van der Waals surface area contributed by atoms with E-state index < -0.39 is 41.5 Å². The van der Waals surface area contributed by atoms with E-state index in [2.05, 4.69) is 26.3 Å². The summed E-state index contributed by atoms with van der Waals surface area (Å²) in [5.74, 6) is -1.65. The maximum atomic E-state index is 13.6. The van der Waals surface area contributed by atoms with Gasteiger partial charge in [0.25, 0.3) is 18.3 Å². The van der Waals surface area contributed by atoms with E-state index in [1.165, 1.54) is 24.3 Å². The van der Waals surface area contributed by atoms with Crippen LogP contribution in [0.5, 0.6) is 0 Å². The van der Waals surface area contributed by atoms with Gasteiger partial charge in [0.1, 0.15) is 28.5 Å². The number of hydrogen-bond donors (Lipinski definition) is 5. The van der Waals surface area contributed by atoms with Crippen molar-refractivity contribution in [1.82, 2.24) is 26.3 Å². The third kappa shape index (κ3) is 9.83. The average molecular weight is 654 g/mol. The highest BCUT2D eigenvalue weighted by molar-refractivity contribution is 7.09. The number of carbonyl (C=O) groups is 5. The number of nitrogens with one attached hydrogen (secondary N) is 4. The topological polar surface area (TPSA) is 197 Å². The van der Waals surface area contributed by atoms with E-state index in [1.807, 2.05) is 44.2 Å². The van der Waals surface area contributed by atoms with Crippen molar-refractivity contribution in [2.45, 2.75) is 71.5 Å². The number of amides is 4. The predicted octanol–water partition coefficient (Wildman–Crippen LogP) is 2.67. The molecule has 246 valence electrons. The SMILES string of the molecule is Cc1cc(=O)oc(C)c1C(=O)N[C@H]1CCCCNC(=O)[C@@H](Cc2ccccc2)NC(=O)c2csc(n2)[C@@H](C(C)C)NC1=O.O=CO. The molecular weight excluding hydrogens is 614 g/mol. The van der Waals surface area contributed by atoms with Gasteiger partial charge in [0.05, 0.1) is 11.6 Å². The van der Waals surface area contributed by atoms with E-state index in [0.717, 1.165) is 5.56 Å². The Morgan fingerprint density at radius 3 is 2.46 bits per heavy atom. The van der Waals surface area contributed by atoms with E-state index in [-0.39, 0.29) is 35.3 Å². The van der Waals surface area contributed by atoms with Crippen molar-refractivity contribution in [3.8, 4) is 0 Å². The Morgan fingerprint density at radius 2 is 1.80 bits per heavy atom. The van der Waals surface area contributed by atoms with E-state index in [9.17, 15) is 24.0 Å².